The third kappa shape index (κ3) is 2.63. The molecular formula is C16H16ClN3. The number of hydrogen-bond donors (Lipinski definition) is 2. The normalized spacial score (nSPS) is 10.9. The predicted octanol–water partition coefficient (Wildman–Crippen LogP) is 4.45. The molecule has 0 bridgehead atoms. The van der Waals surface area contributed by atoms with Crippen LogP contribution in [0.15, 0.2) is 36.4 Å². The molecule has 0 radical (unpaired) electrons. The molecule has 0 aliphatic rings. The smallest absolute Gasteiger partial charge is 0.104 e. The molecule has 3 rings (SSSR count). The molecule has 4 heteroatoms. The molecule has 2 aromatic carbocycles. The van der Waals surface area contributed by atoms with Crippen LogP contribution in [0, 0.1) is 13.8 Å². The van der Waals surface area contributed by atoms with Gasteiger partial charge in [-0.25, -0.2) is 4.98 Å². The van der Waals surface area contributed by atoms with Gasteiger partial charge < -0.3 is 10.3 Å². The van der Waals surface area contributed by atoms with Crippen LogP contribution in [0.5, 0.6) is 0 Å². The Balaban J connectivity index is 1.77. The van der Waals surface area contributed by atoms with Gasteiger partial charge in [0.05, 0.1) is 11.0 Å². The Labute approximate surface area is 123 Å². The van der Waals surface area contributed by atoms with E-state index in [1.807, 2.05) is 38.1 Å². The van der Waals surface area contributed by atoms with Crippen LogP contribution >= 0.6 is 11.6 Å². The summed E-state index contributed by atoms with van der Waals surface area (Å²) in [5, 5.41) is 4.21. The lowest BCUT2D eigenvalue weighted by Crippen LogP contribution is -1.99. The molecule has 0 spiro atoms. The van der Waals surface area contributed by atoms with Gasteiger partial charge in [0.2, 0.25) is 0 Å². The number of aryl methyl sites for hydroxylation is 2. The van der Waals surface area contributed by atoms with Gasteiger partial charge in [0.15, 0.2) is 0 Å². The number of anilines is 1. The maximum Gasteiger partial charge on any atom is 0.104 e. The van der Waals surface area contributed by atoms with Crippen LogP contribution in [0.1, 0.15) is 17.0 Å². The molecule has 0 saturated heterocycles. The van der Waals surface area contributed by atoms with Gasteiger partial charge in [-0.3, -0.25) is 0 Å². The molecule has 3 aromatic rings. The average molecular weight is 286 g/mol. The first-order valence-corrected chi connectivity index (χ1v) is 6.95. The minimum Gasteiger partial charge on any atom is -0.381 e. The van der Waals surface area contributed by atoms with E-state index in [1.54, 1.807) is 0 Å². The fraction of sp³-hybridized carbons (Fsp3) is 0.188. The molecule has 0 amide bonds. The first-order chi connectivity index (χ1) is 9.61. The SMILES string of the molecule is Cc1nc2ccc(NCc3ccc(C)c(Cl)c3)cc2[nH]1. The maximum atomic E-state index is 6.14. The second-order valence-corrected chi connectivity index (χ2v) is 5.40. The maximum absolute atomic E-state index is 6.14. The quantitative estimate of drug-likeness (QED) is 0.746. The predicted molar refractivity (Wildman–Crippen MR) is 84.3 cm³/mol. The summed E-state index contributed by atoms with van der Waals surface area (Å²) in [5.41, 5.74) is 5.38. The van der Waals surface area contributed by atoms with Crippen molar-refractivity contribution in [2.75, 3.05) is 5.32 Å². The van der Waals surface area contributed by atoms with E-state index in [4.69, 9.17) is 11.6 Å². The van der Waals surface area contributed by atoms with Crippen molar-refractivity contribution >= 4 is 28.3 Å². The van der Waals surface area contributed by atoms with Crippen molar-refractivity contribution in [3.05, 3.63) is 58.4 Å². The largest absolute Gasteiger partial charge is 0.381 e. The van der Waals surface area contributed by atoms with E-state index in [1.165, 1.54) is 5.56 Å². The lowest BCUT2D eigenvalue weighted by molar-refractivity contribution is 1.15. The summed E-state index contributed by atoms with van der Waals surface area (Å²) >= 11 is 6.14. The highest BCUT2D eigenvalue weighted by molar-refractivity contribution is 6.31. The molecule has 1 heterocycles. The number of nitrogens with one attached hydrogen (secondary N) is 2. The molecule has 1 aromatic heterocycles. The number of H-pyrrole nitrogens is 1. The van der Waals surface area contributed by atoms with Crippen LogP contribution in [0.2, 0.25) is 5.02 Å². The number of hydrogen-bond acceptors (Lipinski definition) is 2. The van der Waals surface area contributed by atoms with E-state index in [0.29, 0.717) is 0 Å². The van der Waals surface area contributed by atoms with E-state index in [2.05, 4.69) is 27.4 Å². The van der Waals surface area contributed by atoms with Crippen molar-refractivity contribution in [1.82, 2.24) is 9.97 Å². The Morgan fingerprint density at radius 2 is 2.00 bits per heavy atom. The summed E-state index contributed by atoms with van der Waals surface area (Å²) in [7, 11) is 0. The number of imidazole rings is 1. The zero-order valence-corrected chi connectivity index (χ0v) is 12.3. The number of halogens is 1. The van der Waals surface area contributed by atoms with Gasteiger partial charge in [-0.15, -0.1) is 0 Å². The molecule has 0 aliphatic heterocycles. The topological polar surface area (TPSA) is 40.7 Å². The van der Waals surface area contributed by atoms with Gasteiger partial charge in [0.25, 0.3) is 0 Å². The van der Waals surface area contributed by atoms with Crippen LogP contribution in [0.3, 0.4) is 0 Å². The minimum absolute atomic E-state index is 0.749. The monoisotopic (exact) mass is 285 g/mol. The van der Waals surface area contributed by atoms with Crippen LogP contribution < -0.4 is 5.32 Å². The minimum atomic E-state index is 0.749. The fourth-order valence-corrected chi connectivity index (χ4v) is 2.40. The zero-order valence-electron chi connectivity index (χ0n) is 11.5. The van der Waals surface area contributed by atoms with Crippen LogP contribution in [0.25, 0.3) is 11.0 Å². The molecule has 3 nitrogen and oxygen atoms in total. The summed E-state index contributed by atoms with van der Waals surface area (Å²) in [4.78, 5) is 7.63. The second-order valence-electron chi connectivity index (χ2n) is 4.99. The van der Waals surface area contributed by atoms with Crippen LogP contribution in [0.4, 0.5) is 5.69 Å². The summed E-state index contributed by atoms with van der Waals surface area (Å²) < 4.78 is 0. The number of benzene rings is 2. The van der Waals surface area contributed by atoms with Crippen molar-refractivity contribution in [1.29, 1.82) is 0 Å². The van der Waals surface area contributed by atoms with E-state index >= 15 is 0 Å². The third-order valence-corrected chi connectivity index (χ3v) is 3.74. The van der Waals surface area contributed by atoms with E-state index in [9.17, 15) is 0 Å². The van der Waals surface area contributed by atoms with Gasteiger partial charge in [-0.05, 0) is 49.2 Å². The number of fused-ring (bicyclic) bond motifs is 1. The molecule has 0 saturated carbocycles. The zero-order chi connectivity index (χ0) is 14.1. The molecule has 102 valence electrons. The molecular weight excluding hydrogens is 270 g/mol. The Morgan fingerprint density at radius 3 is 2.80 bits per heavy atom. The Kier molecular flexibility index (Phi) is 3.36. The lowest BCUT2D eigenvalue weighted by Gasteiger charge is -2.08. The standard InChI is InChI=1S/C16H16ClN3/c1-10-3-4-12(7-14(10)17)9-18-13-5-6-15-16(8-13)20-11(2)19-15/h3-8,18H,9H2,1-2H3,(H,19,20). The molecule has 0 unspecified atom stereocenters. The Morgan fingerprint density at radius 1 is 1.15 bits per heavy atom. The third-order valence-electron chi connectivity index (χ3n) is 3.33. The highest BCUT2D eigenvalue weighted by atomic mass is 35.5. The fourth-order valence-electron chi connectivity index (χ4n) is 2.20. The van der Waals surface area contributed by atoms with Crippen molar-refractivity contribution < 1.29 is 0 Å². The second kappa shape index (κ2) is 5.17. The summed E-state index contributed by atoms with van der Waals surface area (Å²) in [5.74, 6) is 0.933. The van der Waals surface area contributed by atoms with E-state index in [-0.39, 0.29) is 0 Å². The molecule has 2 N–H and O–H groups in total. The van der Waals surface area contributed by atoms with Crippen molar-refractivity contribution in [3.8, 4) is 0 Å². The van der Waals surface area contributed by atoms with Crippen molar-refractivity contribution in [3.63, 3.8) is 0 Å². The number of rotatable bonds is 3. The van der Waals surface area contributed by atoms with Crippen molar-refractivity contribution in [2.45, 2.75) is 20.4 Å². The van der Waals surface area contributed by atoms with Crippen molar-refractivity contribution in [2.24, 2.45) is 0 Å². The van der Waals surface area contributed by atoms with E-state index in [0.717, 1.165) is 39.7 Å². The van der Waals surface area contributed by atoms with Gasteiger partial charge >= 0.3 is 0 Å². The van der Waals surface area contributed by atoms with Gasteiger partial charge in [-0.1, -0.05) is 23.7 Å². The molecule has 0 aliphatic carbocycles. The number of aromatic nitrogens is 2. The highest BCUT2D eigenvalue weighted by Gasteiger charge is 2.02. The van der Waals surface area contributed by atoms with Gasteiger partial charge in [0, 0.05) is 17.3 Å². The Bertz CT molecular complexity index is 762. The van der Waals surface area contributed by atoms with Gasteiger partial charge in [0.1, 0.15) is 5.82 Å². The summed E-state index contributed by atoms with van der Waals surface area (Å²) in [6, 6.07) is 12.3. The first-order valence-electron chi connectivity index (χ1n) is 6.57. The molecule has 0 atom stereocenters. The molecule has 20 heavy (non-hydrogen) atoms. The Hall–Kier alpha value is -2.00. The first kappa shape index (κ1) is 13.0. The average Bonchev–Trinajstić information content (AvgIpc) is 2.79. The van der Waals surface area contributed by atoms with Crippen LogP contribution in [-0.4, -0.2) is 9.97 Å². The number of nitrogens with zero attached hydrogens (tertiary/aromatic N) is 1. The number of aromatic amines is 1. The lowest BCUT2D eigenvalue weighted by atomic mass is 10.1. The molecule has 0 fully saturated rings. The summed E-state index contributed by atoms with van der Waals surface area (Å²) in [6.45, 7) is 4.72. The van der Waals surface area contributed by atoms with Gasteiger partial charge in [-0.2, -0.15) is 0 Å². The summed E-state index contributed by atoms with van der Waals surface area (Å²) in [6.07, 6.45) is 0. The van der Waals surface area contributed by atoms with Crippen LogP contribution in [-0.2, 0) is 6.54 Å². The highest BCUT2D eigenvalue weighted by Crippen LogP contribution is 2.20. The van der Waals surface area contributed by atoms with E-state index < -0.39 is 0 Å².